The maximum absolute atomic E-state index is 13.7. The number of nitrogens with zero attached hydrogens (tertiary/aromatic N) is 2. The van der Waals surface area contributed by atoms with Crippen molar-refractivity contribution in [3.63, 3.8) is 0 Å². The number of amides is 2. The average molecular weight is 546 g/mol. The van der Waals surface area contributed by atoms with E-state index in [1.807, 2.05) is 0 Å². The average Bonchev–Trinajstić information content (AvgIpc) is 2.86. The van der Waals surface area contributed by atoms with Gasteiger partial charge in [0.2, 0.25) is 11.8 Å². The Labute approximate surface area is 221 Å². The molecule has 1 N–H and O–H groups in total. The lowest BCUT2D eigenvalue weighted by molar-refractivity contribution is -0.139. The first kappa shape index (κ1) is 28.1. The highest BCUT2D eigenvalue weighted by Gasteiger charge is 2.32. The van der Waals surface area contributed by atoms with Crippen LogP contribution in [-0.4, -0.2) is 43.8 Å². The van der Waals surface area contributed by atoms with E-state index in [2.05, 4.69) is 5.32 Å². The third kappa shape index (κ3) is 7.30. The first-order valence-electron chi connectivity index (χ1n) is 11.7. The third-order valence-electron chi connectivity index (χ3n) is 5.59. The first-order valence-corrected chi connectivity index (χ1v) is 13.5. The predicted molar refractivity (Wildman–Crippen MR) is 142 cm³/mol. The van der Waals surface area contributed by atoms with Crippen LogP contribution >= 0.6 is 11.6 Å². The minimum Gasteiger partial charge on any atom is -0.352 e. The topological polar surface area (TPSA) is 86.8 Å². The second-order valence-corrected chi connectivity index (χ2v) is 11.1. The molecule has 0 saturated carbocycles. The van der Waals surface area contributed by atoms with Gasteiger partial charge in [-0.2, -0.15) is 0 Å². The van der Waals surface area contributed by atoms with Crippen LogP contribution in [-0.2, 0) is 26.2 Å². The molecule has 1 atom stereocenters. The standard InChI is InChI=1S/C27H29ClFN3O4S/c1-19(2)30-27(34)20(3)31(17-21-9-13-23(29)14-10-21)26(33)18-32(24-7-5-4-6-8-24)37(35,36)25-15-11-22(28)12-16-25/h4-16,19-20H,17-18H2,1-3H3,(H,30,34)/t20-/m1/s1. The Hall–Kier alpha value is -3.43. The second kappa shape index (κ2) is 12.2. The molecule has 10 heteroatoms. The number of benzene rings is 3. The van der Waals surface area contributed by atoms with E-state index in [-0.39, 0.29) is 23.2 Å². The molecule has 3 aromatic carbocycles. The lowest BCUT2D eigenvalue weighted by atomic mass is 10.1. The van der Waals surface area contributed by atoms with Gasteiger partial charge in [-0.3, -0.25) is 13.9 Å². The molecule has 0 fully saturated rings. The monoisotopic (exact) mass is 545 g/mol. The van der Waals surface area contributed by atoms with Crippen molar-refractivity contribution >= 4 is 39.1 Å². The normalized spacial score (nSPS) is 12.2. The van der Waals surface area contributed by atoms with Crippen molar-refractivity contribution in [1.29, 1.82) is 0 Å². The van der Waals surface area contributed by atoms with Gasteiger partial charge in [-0.1, -0.05) is 41.9 Å². The Balaban J connectivity index is 1.99. The smallest absolute Gasteiger partial charge is 0.264 e. The van der Waals surface area contributed by atoms with Gasteiger partial charge >= 0.3 is 0 Å². The molecule has 0 heterocycles. The Morgan fingerprint density at radius 1 is 0.919 bits per heavy atom. The van der Waals surface area contributed by atoms with Gasteiger partial charge in [0.05, 0.1) is 10.6 Å². The Morgan fingerprint density at radius 2 is 1.51 bits per heavy atom. The fourth-order valence-electron chi connectivity index (χ4n) is 3.63. The third-order valence-corrected chi connectivity index (χ3v) is 7.63. The van der Waals surface area contributed by atoms with Crippen LogP contribution in [0.3, 0.4) is 0 Å². The van der Waals surface area contributed by atoms with Gasteiger partial charge in [-0.25, -0.2) is 12.8 Å². The highest BCUT2D eigenvalue weighted by molar-refractivity contribution is 7.92. The SMILES string of the molecule is CC(C)NC(=O)[C@@H](C)N(Cc1ccc(F)cc1)C(=O)CN(c1ccccc1)S(=O)(=O)c1ccc(Cl)cc1. The molecule has 0 saturated heterocycles. The molecular formula is C27H29ClFN3O4S. The summed E-state index contributed by atoms with van der Waals surface area (Å²) in [4.78, 5) is 27.8. The number of nitrogens with one attached hydrogen (secondary N) is 1. The van der Waals surface area contributed by atoms with Crippen LogP contribution in [0.1, 0.15) is 26.3 Å². The summed E-state index contributed by atoms with van der Waals surface area (Å²) in [7, 11) is -4.17. The van der Waals surface area contributed by atoms with Gasteiger partial charge < -0.3 is 10.2 Å². The number of rotatable bonds is 10. The fraction of sp³-hybridized carbons (Fsp3) is 0.259. The maximum atomic E-state index is 13.7. The number of anilines is 1. The molecule has 3 aromatic rings. The molecule has 0 aromatic heterocycles. The highest BCUT2D eigenvalue weighted by Crippen LogP contribution is 2.25. The quantitative estimate of drug-likeness (QED) is 0.403. The van der Waals surface area contributed by atoms with E-state index in [4.69, 9.17) is 11.6 Å². The number of carbonyl (C=O) groups excluding carboxylic acids is 2. The van der Waals surface area contributed by atoms with E-state index in [1.54, 1.807) is 51.1 Å². The molecular weight excluding hydrogens is 517 g/mol. The fourth-order valence-corrected chi connectivity index (χ4v) is 5.17. The van der Waals surface area contributed by atoms with Crippen LogP contribution in [0.5, 0.6) is 0 Å². The zero-order chi connectivity index (χ0) is 27.2. The van der Waals surface area contributed by atoms with E-state index in [9.17, 15) is 22.4 Å². The van der Waals surface area contributed by atoms with Crippen molar-refractivity contribution in [1.82, 2.24) is 10.2 Å². The molecule has 0 aliphatic rings. The molecule has 0 bridgehead atoms. The molecule has 0 unspecified atom stereocenters. The number of hydrogen-bond acceptors (Lipinski definition) is 4. The zero-order valence-electron chi connectivity index (χ0n) is 20.8. The van der Waals surface area contributed by atoms with Crippen molar-refractivity contribution in [3.05, 3.63) is 95.3 Å². The first-order chi connectivity index (χ1) is 17.5. The van der Waals surface area contributed by atoms with Crippen LogP contribution in [0.15, 0.2) is 83.8 Å². The zero-order valence-corrected chi connectivity index (χ0v) is 22.3. The largest absolute Gasteiger partial charge is 0.352 e. The summed E-state index contributed by atoms with van der Waals surface area (Å²) < 4.78 is 41.7. The molecule has 3 rings (SSSR count). The lowest BCUT2D eigenvalue weighted by Gasteiger charge is -2.32. The van der Waals surface area contributed by atoms with Gasteiger partial charge in [0.15, 0.2) is 0 Å². The van der Waals surface area contributed by atoms with Crippen LogP contribution in [0, 0.1) is 5.82 Å². The molecule has 37 heavy (non-hydrogen) atoms. The Morgan fingerprint density at radius 3 is 2.08 bits per heavy atom. The van der Waals surface area contributed by atoms with Crippen LogP contribution in [0.2, 0.25) is 5.02 Å². The molecule has 2 amide bonds. The Kier molecular flexibility index (Phi) is 9.29. The van der Waals surface area contributed by atoms with Crippen molar-refractivity contribution < 1.29 is 22.4 Å². The van der Waals surface area contributed by atoms with E-state index in [1.165, 1.54) is 53.4 Å². The summed E-state index contributed by atoms with van der Waals surface area (Å²) in [5.74, 6) is -1.43. The molecule has 196 valence electrons. The van der Waals surface area contributed by atoms with E-state index < -0.39 is 40.2 Å². The van der Waals surface area contributed by atoms with Gasteiger partial charge in [0.25, 0.3) is 10.0 Å². The van der Waals surface area contributed by atoms with Crippen molar-refractivity contribution in [3.8, 4) is 0 Å². The summed E-state index contributed by atoms with van der Waals surface area (Å²) >= 11 is 5.94. The van der Waals surface area contributed by atoms with Gasteiger partial charge in [0, 0.05) is 17.6 Å². The van der Waals surface area contributed by atoms with Crippen LogP contribution in [0.25, 0.3) is 0 Å². The van der Waals surface area contributed by atoms with Crippen molar-refractivity contribution in [2.24, 2.45) is 0 Å². The minimum absolute atomic E-state index is 0.0184. The van der Waals surface area contributed by atoms with Crippen molar-refractivity contribution in [2.75, 3.05) is 10.8 Å². The molecule has 7 nitrogen and oxygen atoms in total. The van der Waals surface area contributed by atoms with E-state index in [0.29, 0.717) is 10.6 Å². The van der Waals surface area contributed by atoms with Crippen molar-refractivity contribution in [2.45, 2.75) is 44.3 Å². The Bertz CT molecular complexity index is 1320. The number of hydrogen-bond donors (Lipinski definition) is 1. The molecule has 0 radical (unpaired) electrons. The number of carbonyl (C=O) groups is 2. The van der Waals surface area contributed by atoms with Crippen LogP contribution < -0.4 is 9.62 Å². The molecule has 0 aliphatic heterocycles. The highest BCUT2D eigenvalue weighted by atomic mass is 35.5. The minimum atomic E-state index is -4.17. The van der Waals surface area contributed by atoms with Gasteiger partial charge in [0.1, 0.15) is 18.4 Å². The predicted octanol–water partition coefficient (Wildman–Crippen LogP) is 4.62. The van der Waals surface area contributed by atoms with E-state index >= 15 is 0 Å². The summed E-state index contributed by atoms with van der Waals surface area (Å²) in [5.41, 5.74) is 0.873. The summed E-state index contributed by atoms with van der Waals surface area (Å²) in [6.45, 7) is 4.59. The summed E-state index contributed by atoms with van der Waals surface area (Å²) in [5, 5.41) is 3.15. The molecule has 0 spiro atoms. The second-order valence-electron chi connectivity index (χ2n) is 8.79. The van der Waals surface area contributed by atoms with E-state index in [0.717, 1.165) is 4.31 Å². The summed E-state index contributed by atoms with van der Waals surface area (Å²) in [6, 6.07) is 18.4. The summed E-state index contributed by atoms with van der Waals surface area (Å²) in [6.07, 6.45) is 0. The molecule has 0 aliphatic carbocycles. The van der Waals surface area contributed by atoms with Gasteiger partial charge in [-0.05, 0) is 74.9 Å². The van der Waals surface area contributed by atoms with Gasteiger partial charge in [-0.15, -0.1) is 0 Å². The number of halogens is 2. The number of sulfonamides is 1. The number of para-hydroxylation sites is 1. The maximum Gasteiger partial charge on any atom is 0.264 e. The lowest BCUT2D eigenvalue weighted by Crippen LogP contribution is -2.52. The van der Waals surface area contributed by atoms with Crippen LogP contribution in [0.4, 0.5) is 10.1 Å².